The fourth-order valence-corrected chi connectivity index (χ4v) is 2.42. The highest BCUT2D eigenvalue weighted by atomic mass is 16.6. The van der Waals surface area contributed by atoms with Crippen LogP contribution in [-0.2, 0) is 9.53 Å². The van der Waals surface area contributed by atoms with Crippen molar-refractivity contribution in [3.63, 3.8) is 0 Å². The zero-order valence-corrected chi connectivity index (χ0v) is 11.2. The van der Waals surface area contributed by atoms with E-state index in [0.29, 0.717) is 6.04 Å². The second-order valence-electron chi connectivity index (χ2n) is 4.84. The van der Waals surface area contributed by atoms with Crippen LogP contribution in [0.5, 0.6) is 0 Å². The van der Waals surface area contributed by atoms with E-state index in [1.165, 1.54) is 32.1 Å². The minimum atomic E-state index is -0.500. The Kier molecular flexibility index (Phi) is 5.25. The fourth-order valence-electron chi connectivity index (χ4n) is 2.42. The van der Waals surface area contributed by atoms with Crippen molar-refractivity contribution in [2.45, 2.75) is 38.6 Å². The summed E-state index contributed by atoms with van der Waals surface area (Å²) in [6.45, 7) is 3.02. The summed E-state index contributed by atoms with van der Waals surface area (Å²) >= 11 is 0. The molecular weight excluding hydrogens is 236 g/mol. The number of carbonyl (C=O) groups excluding carboxylic acids is 1. The van der Waals surface area contributed by atoms with Gasteiger partial charge in [0.2, 0.25) is 0 Å². The highest BCUT2D eigenvalue weighted by Crippen LogP contribution is 2.27. The first-order valence-electron chi connectivity index (χ1n) is 6.20. The zero-order chi connectivity index (χ0) is 13.7. The summed E-state index contributed by atoms with van der Waals surface area (Å²) < 4.78 is 7.19. The van der Waals surface area contributed by atoms with Crippen LogP contribution in [0.1, 0.15) is 32.6 Å². The van der Waals surface area contributed by atoms with Crippen molar-refractivity contribution in [2.24, 2.45) is 5.92 Å². The molecule has 2 rings (SSSR count). The standard InChI is InChI=1S/C11H18NO2.CH3NO2/c1-8-6-9(11(13)14-2)7-12(8)10-4-3-5-10;1-2(3)4/h9-10H,3-7H2,1-2H3;1H3/q+1;. The second kappa shape index (κ2) is 6.47. The molecule has 1 saturated carbocycles. The summed E-state index contributed by atoms with van der Waals surface area (Å²) in [4.78, 5) is 19.7. The van der Waals surface area contributed by atoms with E-state index in [9.17, 15) is 4.79 Å². The topological polar surface area (TPSA) is 72.5 Å². The minimum absolute atomic E-state index is 0.0498. The number of hydrogen-bond donors (Lipinski definition) is 0. The van der Waals surface area contributed by atoms with E-state index in [1.807, 2.05) is 0 Å². The maximum Gasteiger partial charge on any atom is 0.315 e. The largest absolute Gasteiger partial charge is 0.469 e. The summed E-state index contributed by atoms with van der Waals surface area (Å²) in [5, 5.41) is 8.81. The second-order valence-corrected chi connectivity index (χ2v) is 4.84. The number of hydrogen-bond acceptors (Lipinski definition) is 4. The van der Waals surface area contributed by atoms with Gasteiger partial charge in [-0.2, -0.15) is 0 Å². The van der Waals surface area contributed by atoms with Gasteiger partial charge in [0.25, 0.3) is 0 Å². The van der Waals surface area contributed by atoms with Gasteiger partial charge in [0.15, 0.2) is 25.3 Å². The quantitative estimate of drug-likeness (QED) is 0.321. The normalized spacial score (nSPS) is 22.9. The molecule has 0 N–H and O–H groups in total. The van der Waals surface area contributed by atoms with Crippen LogP contribution in [-0.4, -0.2) is 47.9 Å². The molecule has 18 heavy (non-hydrogen) atoms. The van der Waals surface area contributed by atoms with E-state index in [0.717, 1.165) is 20.0 Å². The van der Waals surface area contributed by atoms with Gasteiger partial charge in [-0.15, -0.1) is 0 Å². The van der Waals surface area contributed by atoms with E-state index in [-0.39, 0.29) is 11.9 Å². The van der Waals surface area contributed by atoms with E-state index in [1.54, 1.807) is 0 Å². The first-order valence-corrected chi connectivity index (χ1v) is 6.20. The number of esters is 1. The third-order valence-electron chi connectivity index (χ3n) is 3.50. The summed E-state index contributed by atoms with van der Waals surface area (Å²) in [7, 11) is 2.36. The van der Waals surface area contributed by atoms with Crippen molar-refractivity contribution < 1.29 is 19.0 Å². The molecular formula is C12H21N2O4+. The van der Waals surface area contributed by atoms with Crippen LogP contribution in [0.4, 0.5) is 0 Å². The maximum absolute atomic E-state index is 11.4. The average molecular weight is 257 g/mol. The van der Waals surface area contributed by atoms with Gasteiger partial charge in [-0.05, 0) is 6.42 Å². The highest BCUT2D eigenvalue weighted by Gasteiger charge is 2.40. The lowest BCUT2D eigenvalue weighted by molar-refractivity contribution is -0.574. The van der Waals surface area contributed by atoms with Gasteiger partial charge in [-0.3, -0.25) is 14.9 Å². The highest BCUT2D eigenvalue weighted by molar-refractivity contribution is 5.85. The Labute approximate surface area is 107 Å². The molecule has 0 amide bonds. The third-order valence-corrected chi connectivity index (χ3v) is 3.50. The van der Waals surface area contributed by atoms with Gasteiger partial charge < -0.3 is 4.74 Å². The minimum Gasteiger partial charge on any atom is -0.469 e. The number of carbonyl (C=O) groups is 1. The predicted octanol–water partition coefficient (Wildman–Crippen LogP) is 1.10. The predicted molar refractivity (Wildman–Crippen MR) is 66.5 cm³/mol. The van der Waals surface area contributed by atoms with Gasteiger partial charge in [-0.1, -0.05) is 0 Å². The molecule has 2 aliphatic rings. The Morgan fingerprint density at radius 1 is 1.50 bits per heavy atom. The van der Waals surface area contributed by atoms with Crippen molar-refractivity contribution in [1.82, 2.24) is 0 Å². The van der Waals surface area contributed by atoms with Gasteiger partial charge in [-0.25, -0.2) is 4.58 Å². The van der Waals surface area contributed by atoms with Crippen LogP contribution in [0, 0.1) is 16.0 Å². The summed E-state index contributed by atoms with van der Waals surface area (Å²) in [5.74, 6) is 0.0340. The molecule has 6 heteroatoms. The van der Waals surface area contributed by atoms with Crippen LogP contribution >= 0.6 is 0 Å². The van der Waals surface area contributed by atoms with Crippen molar-refractivity contribution in [1.29, 1.82) is 0 Å². The third kappa shape index (κ3) is 3.78. The molecule has 1 unspecified atom stereocenters. The molecule has 1 atom stereocenters. The van der Waals surface area contributed by atoms with Crippen molar-refractivity contribution in [3.8, 4) is 0 Å². The van der Waals surface area contributed by atoms with E-state index >= 15 is 0 Å². The average Bonchev–Trinajstić information content (AvgIpc) is 2.56. The zero-order valence-electron chi connectivity index (χ0n) is 11.2. The SMILES string of the molecule is COC(=O)C1CC(C)=[N+](C2CCC2)C1.C[N+](=O)[O-]. The fraction of sp³-hybridized carbons (Fsp3) is 0.833. The number of nitro groups is 1. The smallest absolute Gasteiger partial charge is 0.315 e. The molecule has 1 heterocycles. The number of methoxy groups -OCH3 is 1. The van der Waals surface area contributed by atoms with Crippen molar-refractivity contribution >= 4 is 11.7 Å². The Morgan fingerprint density at radius 3 is 2.44 bits per heavy atom. The number of rotatable bonds is 2. The maximum atomic E-state index is 11.4. The molecule has 6 nitrogen and oxygen atoms in total. The Balaban J connectivity index is 0.000000357. The lowest BCUT2D eigenvalue weighted by Crippen LogP contribution is -2.35. The lowest BCUT2D eigenvalue weighted by atomic mass is 9.92. The van der Waals surface area contributed by atoms with E-state index in [4.69, 9.17) is 14.9 Å². The molecule has 0 aromatic heterocycles. The molecule has 0 aromatic carbocycles. The molecule has 0 aromatic rings. The van der Waals surface area contributed by atoms with Gasteiger partial charge in [0.1, 0.15) is 5.92 Å². The van der Waals surface area contributed by atoms with Crippen molar-refractivity contribution in [2.75, 3.05) is 20.7 Å². The first-order chi connectivity index (χ1) is 8.45. The molecule has 0 radical (unpaired) electrons. The molecule has 1 aliphatic carbocycles. The molecule has 0 saturated heterocycles. The van der Waals surface area contributed by atoms with Gasteiger partial charge in [0.05, 0.1) is 7.11 Å². The molecule has 0 bridgehead atoms. The summed E-state index contributed by atoms with van der Waals surface area (Å²) in [5.41, 5.74) is 1.37. The Morgan fingerprint density at radius 2 is 2.06 bits per heavy atom. The number of ether oxygens (including phenoxy) is 1. The summed E-state index contributed by atoms with van der Waals surface area (Å²) in [6, 6.07) is 0.713. The molecule has 1 fully saturated rings. The van der Waals surface area contributed by atoms with Crippen LogP contribution in [0.2, 0.25) is 0 Å². The lowest BCUT2D eigenvalue weighted by Gasteiger charge is -2.22. The van der Waals surface area contributed by atoms with Crippen LogP contribution in [0.3, 0.4) is 0 Å². The molecule has 1 aliphatic heterocycles. The Bertz CT molecular complexity index is 357. The van der Waals surface area contributed by atoms with E-state index < -0.39 is 4.92 Å². The van der Waals surface area contributed by atoms with Crippen molar-refractivity contribution in [3.05, 3.63) is 10.1 Å². The monoisotopic (exact) mass is 257 g/mol. The molecule has 102 valence electrons. The Hall–Kier alpha value is -1.46. The van der Waals surface area contributed by atoms with Crippen LogP contribution in [0.25, 0.3) is 0 Å². The number of nitrogens with zero attached hydrogens (tertiary/aromatic N) is 2. The van der Waals surface area contributed by atoms with Crippen LogP contribution in [0.15, 0.2) is 0 Å². The van der Waals surface area contributed by atoms with Crippen LogP contribution < -0.4 is 0 Å². The molecule has 0 spiro atoms. The van der Waals surface area contributed by atoms with Gasteiger partial charge in [0, 0.05) is 31.1 Å². The summed E-state index contributed by atoms with van der Waals surface area (Å²) in [6.07, 6.45) is 4.83. The van der Waals surface area contributed by atoms with E-state index in [2.05, 4.69) is 11.5 Å². The van der Waals surface area contributed by atoms with Gasteiger partial charge >= 0.3 is 5.97 Å². The first kappa shape index (κ1) is 14.6.